The van der Waals surface area contributed by atoms with Crippen LogP contribution in [0.2, 0.25) is 0 Å². The number of Topliss-reactive ketones (excluding diaryl/α,β-unsaturated/α-hetero) is 2. The average molecular weight is 369 g/mol. The van der Waals surface area contributed by atoms with Crippen LogP contribution in [-0.2, 0) is 9.59 Å². The van der Waals surface area contributed by atoms with E-state index in [4.69, 9.17) is 0 Å². The molecule has 0 aromatic heterocycles. The number of unbranched alkanes of at least 4 members (excludes halogenated alkanes) is 11. The van der Waals surface area contributed by atoms with Gasteiger partial charge in [0.25, 0.3) is 0 Å². The molecule has 0 fully saturated rings. The van der Waals surface area contributed by atoms with E-state index in [2.05, 4.69) is 13.8 Å². The van der Waals surface area contributed by atoms with Crippen molar-refractivity contribution in [2.45, 2.75) is 130 Å². The minimum absolute atomic E-state index is 0.0400. The molecular weight excluding hydrogens is 324 g/mol. The zero-order valence-corrected chi connectivity index (χ0v) is 17.7. The maximum Gasteiger partial charge on any atom is 0.145 e. The lowest BCUT2D eigenvalue weighted by Crippen LogP contribution is -2.26. The minimum Gasteiger partial charge on any atom is -0.393 e. The highest BCUT2D eigenvalue weighted by atomic mass is 16.3. The van der Waals surface area contributed by atoms with Gasteiger partial charge in [-0.3, -0.25) is 9.59 Å². The van der Waals surface area contributed by atoms with Gasteiger partial charge < -0.3 is 5.11 Å². The van der Waals surface area contributed by atoms with Gasteiger partial charge >= 0.3 is 0 Å². The van der Waals surface area contributed by atoms with Crippen LogP contribution in [-0.4, -0.2) is 22.8 Å². The molecule has 0 spiro atoms. The molecule has 0 aromatic carbocycles. The predicted molar refractivity (Wildman–Crippen MR) is 110 cm³/mol. The Balaban J connectivity index is 3.82. The molecule has 0 heterocycles. The Morgan fingerprint density at radius 3 is 1.62 bits per heavy atom. The van der Waals surface area contributed by atoms with Crippen LogP contribution in [0.1, 0.15) is 124 Å². The van der Waals surface area contributed by atoms with Crippen LogP contribution in [0.5, 0.6) is 0 Å². The van der Waals surface area contributed by atoms with Crippen LogP contribution in [0.15, 0.2) is 0 Å². The van der Waals surface area contributed by atoms with Crippen molar-refractivity contribution < 1.29 is 14.7 Å². The van der Waals surface area contributed by atoms with Gasteiger partial charge in [-0.2, -0.15) is 0 Å². The molecule has 1 N–H and O–H groups in total. The van der Waals surface area contributed by atoms with Gasteiger partial charge in [-0.25, -0.2) is 0 Å². The van der Waals surface area contributed by atoms with E-state index in [1.54, 1.807) is 0 Å². The SMILES string of the molecule is CCCCCCCCCCC[C@@H](O)CC(=O)C(CCCCCC)C(C)=O. The van der Waals surface area contributed by atoms with E-state index in [9.17, 15) is 14.7 Å². The zero-order valence-electron chi connectivity index (χ0n) is 17.7. The molecule has 0 aliphatic rings. The van der Waals surface area contributed by atoms with Crippen LogP contribution in [0.3, 0.4) is 0 Å². The van der Waals surface area contributed by atoms with Crippen LogP contribution in [0.4, 0.5) is 0 Å². The normalized spacial score (nSPS) is 13.5. The standard InChI is InChI=1S/C23H44O3/c1-4-6-8-10-11-12-13-14-15-17-21(25)19-23(26)22(20(3)24)18-16-9-7-5-2/h21-22,25H,4-19H2,1-3H3/t21-,22?/m1/s1. The van der Waals surface area contributed by atoms with Gasteiger partial charge in [0.2, 0.25) is 0 Å². The number of ketones is 2. The smallest absolute Gasteiger partial charge is 0.145 e. The summed E-state index contributed by atoms with van der Waals surface area (Å²) >= 11 is 0. The summed E-state index contributed by atoms with van der Waals surface area (Å²) in [6.45, 7) is 5.90. The summed E-state index contributed by atoms with van der Waals surface area (Å²) in [7, 11) is 0. The van der Waals surface area contributed by atoms with E-state index < -0.39 is 12.0 Å². The number of rotatable bonds is 19. The van der Waals surface area contributed by atoms with E-state index in [1.165, 1.54) is 51.9 Å². The highest BCUT2D eigenvalue weighted by Crippen LogP contribution is 2.18. The van der Waals surface area contributed by atoms with Crippen LogP contribution in [0.25, 0.3) is 0 Å². The lowest BCUT2D eigenvalue weighted by atomic mass is 9.89. The van der Waals surface area contributed by atoms with Crippen LogP contribution < -0.4 is 0 Å². The number of aliphatic hydroxyl groups excluding tert-OH is 1. The van der Waals surface area contributed by atoms with Crippen molar-refractivity contribution in [2.75, 3.05) is 0 Å². The Morgan fingerprint density at radius 2 is 1.12 bits per heavy atom. The topological polar surface area (TPSA) is 54.4 Å². The van der Waals surface area contributed by atoms with Crippen LogP contribution in [0, 0.1) is 5.92 Å². The van der Waals surface area contributed by atoms with Gasteiger partial charge in [0.05, 0.1) is 12.0 Å². The highest BCUT2D eigenvalue weighted by Gasteiger charge is 2.24. The summed E-state index contributed by atoms with van der Waals surface area (Å²) in [4.78, 5) is 24.1. The van der Waals surface area contributed by atoms with Crippen molar-refractivity contribution in [2.24, 2.45) is 5.92 Å². The first-order valence-corrected chi connectivity index (χ1v) is 11.2. The molecule has 0 radical (unpaired) electrons. The van der Waals surface area contributed by atoms with Crippen molar-refractivity contribution in [1.29, 1.82) is 0 Å². The van der Waals surface area contributed by atoms with Gasteiger partial charge in [-0.05, 0) is 19.8 Å². The summed E-state index contributed by atoms with van der Waals surface area (Å²) in [5.41, 5.74) is 0. The maximum atomic E-state index is 12.3. The Morgan fingerprint density at radius 1 is 0.692 bits per heavy atom. The van der Waals surface area contributed by atoms with Gasteiger partial charge in [0.15, 0.2) is 0 Å². The van der Waals surface area contributed by atoms with Crippen molar-refractivity contribution in [3.63, 3.8) is 0 Å². The third-order valence-corrected chi connectivity index (χ3v) is 5.30. The summed E-state index contributed by atoms with van der Waals surface area (Å²) in [6, 6.07) is 0. The average Bonchev–Trinajstić information content (AvgIpc) is 2.59. The largest absolute Gasteiger partial charge is 0.393 e. The molecular formula is C23H44O3. The fraction of sp³-hybridized carbons (Fsp3) is 0.913. The van der Waals surface area contributed by atoms with Gasteiger partial charge in [-0.1, -0.05) is 97.3 Å². The molecule has 26 heavy (non-hydrogen) atoms. The third kappa shape index (κ3) is 14.5. The number of hydrogen-bond donors (Lipinski definition) is 1. The van der Waals surface area contributed by atoms with Gasteiger partial charge in [0.1, 0.15) is 11.6 Å². The minimum atomic E-state index is -0.579. The van der Waals surface area contributed by atoms with Crippen LogP contribution >= 0.6 is 0 Å². The van der Waals surface area contributed by atoms with Gasteiger partial charge in [-0.15, -0.1) is 0 Å². The van der Waals surface area contributed by atoms with E-state index in [1.807, 2.05) is 0 Å². The molecule has 0 aromatic rings. The number of aliphatic hydroxyl groups is 1. The summed E-state index contributed by atoms with van der Waals surface area (Å²) in [5, 5.41) is 10.1. The quantitative estimate of drug-likeness (QED) is 0.212. The molecule has 1 unspecified atom stereocenters. The third-order valence-electron chi connectivity index (χ3n) is 5.30. The zero-order chi connectivity index (χ0) is 19.6. The Kier molecular flexibility index (Phi) is 17.2. The Labute approximate surface area is 162 Å². The second kappa shape index (κ2) is 17.7. The summed E-state index contributed by atoms with van der Waals surface area (Å²) in [5.74, 6) is -0.594. The fourth-order valence-corrected chi connectivity index (χ4v) is 3.53. The first kappa shape index (κ1) is 25.3. The monoisotopic (exact) mass is 368 g/mol. The fourth-order valence-electron chi connectivity index (χ4n) is 3.53. The molecule has 3 nitrogen and oxygen atoms in total. The molecule has 2 atom stereocenters. The number of hydrogen-bond acceptors (Lipinski definition) is 3. The van der Waals surface area contributed by atoms with Gasteiger partial charge in [0, 0.05) is 6.42 Å². The lowest BCUT2D eigenvalue weighted by molar-refractivity contribution is -0.133. The van der Waals surface area contributed by atoms with Crippen molar-refractivity contribution in [1.82, 2.24) is 0 Å². The molecule has 0 aliphatic heterocycles. The molecule has 0 amide bonds. The summed E-state index contributed by atoms with van der Waals surface area (Å²) < 4.78 is 0. The second-order valence-corrected chi connectivity index (χ2v) is 7.95. The maximum absolute atomic E-state index is 12.3. The predicted octanol–water partition coefficient (Wildman–Crippen LogP) is 6.40. The molecule has 0 aliphatic carbocycles. The Bertz CT molecular complexity index is 351. The number of carbonyl (C=O) groups excluding carboxylic acids is 2. The first-order valence-electron chi connectivity index (χ1n) is 11.2. The van der Waals surface area contributed by atoms with E-state index in [0.29, 0.717) is 12.8 Å². The van der Waals surface area contributed by atoms with Crippen molar-refractivity contribution in [3.8, 4) is 0 Å². The first-order chi connectivity index (χ1) is 12.5. The Hall–Kier alpha value is -0.700. The molecule has 3 heteroatoms. The second-order valence-electron chi connectivity index (χ2n) is 7.95. The van der Waals surface area contributed by atoms with Crippen molar-refractivity contribution >= 4 is 11.6 Å². The van der Waals surface area contributed by atoms with E-state index >= 15 is 0 Å². The molecule has 0 rings (SSSR count). The van der Waals surface area contributed by atoms with E-state index in [-0.39, 0.29) is 18.0 Å². The summed E-state index contributed by atoms with van der Waals surface area (Å²) in [6.07, 6.45) is 16.5. The number of carbonyl (C=O) groups is 2. The molecule has 0 saturated heterocycles. The molecule has 0 bridgehead atoms. The highest BCUT2D eigenvalue weighted by molar-refractivity contribution is 6.01. The lowest BCUT2D eigenvalue weighted by Gasteiger charge is -2.15. The molecule has 0 saturated carbocycles. The van der Waals surface area contributed by atoms with E-state index in [0.717, 1.165) is 38.5 Å². The molecule has 154 valence electrons. The van der Waals surface area contributed by atoms with Crippen molar-refractivity contribution in [3.05, 3.63) is 0 Å².